The number of esters is 1. The molecule has 0 aliphatic heterocycles. The summed E-state index contributed by atoms with van der Waals surface area (Å²) in [5, 5.41) is 2.88. The Labute approximate surface area is 139 Å². The second kappa shape index (κ2) is 7.37. The van der Waals surface area contributed by atoms with E-state index in [1.165, 1.54) is 13.3 Å². The second-order valence-corrected chi connectivity index (χ2v) is 6.18. The third-order valence-electron chi connectivity index (χ3n) is 2.58. The van der Waals surface area contributed by atoms with E-state index in [2.05, 4.69) is 31.0 Å². The lowest BCUT2D eigenvalue weighted by Crippen LogP contribution is -2.20. The third-order valence-corrected chi connectivity index (χ3v) is 4.10. The first-order chi connectivity index (χ1) is 10.5. The molecular weight excluding hydrogens is 372 g/mol. The Bertz CT molecular complexity index is 702. The van der Waals surface area contributed by atoms with Gasteiger partial charge in [0.05, 0.1) is 17.8 Å². The Balaban J connectivity index is 1.90. The van der Waals surface area contributed by atoms with Gasteiger partial charge in [0, 0.05) is 0 Å². The largest absolute Gasteiger partial charge is 0.483 e. The number of carbonyl (C=O) groups excluding carboxylic acids is 2. The van der Waals surface area contributed by atoms with Crippen molar-refractivity contribution in [2.45, 2.75) is 6.92 Å². The van der Waals surface area contributed by atoms with E-state index in [-0.39, 0.29) is 12.5 Å². The van der Waals surface area contributed by atoms with Crippen molar-refractivity contribution in [2.75, 3.05) is 19.0 Å². The Kier molecular flexibility index (Phi) is 5.51. The van der Waals surface area contributed by atoms with Crippen LogP contribution in [0.25, 0.3) is 0 Å². The van der Waals surface area contributed by atoms with Crippen molar-refractivity contribution < 1.29 is 19.1 Å². The van der Waals surface area contributed by atoms with E-state index >= 15 is 0 Å². The highest BCUT2D eigenvalue weighted by Crippen LogP contribution is 2.25. The number of thiazole rings is 1. The lowest BCUT2D eigenvalue weighted by atomic mass is 10.2. The Morgan fingerprint density at radius 1 is 1.41 bits per heavy atom. The number of anilines is 1. The predicted molar refractivity (Wildman–Crippen MR) is 86.5 cm³/mol. The van der Waals surface area contributed by atoms with Crippen molar-refractivity contribution in [1.29, 1.82) is 0 Å². The number of aryl methyl sites for hydroxylation is 1. The number of methoxy groups -OCH3 is 1. The quantitative estimate of drug-likeness (QED) is 0.801. The van der Waals surface area contributed by atoms with Crippen LogP contribution < -0.4 is 10.1 Å². The molecule has 0 radical (unpaired) electrons. The van der Waals surface area contributed by atoms with E-state index in [1.807, 2.05) is 19.1 Å². The highest BCUT2D eigenvalue weighted by atomic mass is 79.9. The van der Waals surface area contributed by atoms with E-state index in [9.17, 15) is 9.59 Å². The van der Waals surface area contributed by atoms with Gasteiger partial charge in [0.25, 0.3) is 5.91 Å². The zero-order valence-electron chi connectivity index (χ0n) is 11.9. The smallest absolute Gasteiger partial charge is 0.349 e. The number of nitrogens with zero attached hydrogens (tertiary/aromatic N) is 1. The van der Waals surface area contributed by atoms with Crippen LogP contribution in [0.5, 0.6) is 5.75 Å². The highest BCUT2D eigenvalue weighted by Gasteiger charge is 2.13. The maximum absolute atomic E-state index is 11.8. The van der Waals surface area contributed by atoms with Crippen LogP contribution in [0.3, 0.4) is 0 Å². The Hall–Kier alpha value is -1.93. The molecule has 0 unspecified atom stereocenters. The fourth-order valence-corrected chi connectivity index (χ4v) is 2.91. The lowest BCUT2D eigenvalue weighted by Gasteiger charge is -2.08. The average molecular weight is 385 g/mol. The number of ether oxygens (including phenoxy) is 2. The number of rotatable bonds is 5. The van der Waals surface area contributed by atoms with Crippen molar-refractivity contribution >= 4 is 44.3 Å². The molecule has 1 heterocycles. The molecule has 1 aromatic carbocycles. The topological polar surface area (TPSA) is 77.5 Å². The molecule has 8 heteroatoms. The van der Waals surface area contributed by atoms with E-state index in [0.717, 1.165) is 21.4 Å². The van der Waals surface area contributed by atoms with Gasteiger partial charge >= 0.3 is 5.97 Å². The van der Waals surface area contributed by atoms with Crippen LogP contribution in [0, 0.1) is 6.92 Å². The van der Waals surface area contributed by atoms with Gasteiger partial charge in [-0.3, -0.25) is 10.1 Å². The molecule has 1 amide bonds. The molecule has 0 fully saturated rings. The predicted octanol–water partition coefficient (Wildman–Crippen LogP) is 3.02. The van der Waals surface area contributed by atoms with E-state index in [0.29, 0.717) is 15.8 Å². The number of hydrogen-bond donors (Lipinski definition) is 1. The van der Waals surface area contributed by atoms with Gasteiger partial charge in [0.2, 0.25) is 0 Å². The Morgan fingerprint density at radius 2 is 2.18 bits per heavy atom. The molecule has 0 spiro atoms. The first-order valence-corrected chi connectivity index (χ1v) is 7.83. The minimum absolute atomic E-state index is 0.158. The van der Waals surface area contributed by atoms with Crippen molar-refractivity contribution in [1.82, 2.24) is 4.98 Å². The molecule has 2 aromatic rings. The van der Waals surface area contributed by atoms with Gasteiger partial charge < -0.3 is 9.47 Å². The molecule has 6 nitrogen and oxygen atoms in total. The average Bonchev–Trinajstić information content (AvgIpc) is 2.94. The van der Waals surface area contributed by atoms with Gasteiger partial charge in [0.15, 0.2) is 11.7 Å². The lowest BCUT2D eigenvalue weighted by molar-refractivity contribution is -0.118. The van der Waals surface area contributed by atoms with Gasteiger partial charge in [0.1, 0.15) is 10.6 Å². The van der Waals surface area contributed by atoms with Crippen molar-refractivity contribution in [3.63, 3.8) is 0 Å². The molecule has 2 rings (SSSR count). The van der Waals surface area contributed by atoms with E-state index < -0.39 is 5.97 Å². The molecule has 0 aliphatic rings. The maximum atomic E-state index is 11.8. The molecule has 22 heavy (non-hydrogen) atoms. The van der Waals surface area contributed by atoms with Crippen LogP contribution >= 0.6 is 27.3 Å². The van der Waals surface area contributed by atoms with Gasteiger partial charge in [-0.1, -0.05) is 17.4 Å². The van der Waals surface area contributed by atoms with Gasteiger partial charge in [-0.25, -0.2) is 9.78 Å². The molecular formula is C14H13BrN2O4S. The fourth-order valence-electron chi connectivity index (χ4n) is 1.55. The monoisotopic (exact) mass is 384 g/mol. The molecule has 0 atom stereocenters. The van der Waals surface area contributed by atoms with Crippen LogP contribution in [0.4, 0.5) is 5.13 Å². The summed E-state index contributed by atoms with van der Waals surface area (Å²) in [5.41, 5.74) is 1.09. The van der Waals surface area contributed by atoms with Crippen LogP contribution in [-0.4, -0.2) is 30.6 Å². The van der Waals surface area contributed by atoms with Gasteiger partial charge in [-0.05, 0) is 40.5 Å². The summed E-state index contributed by atoms with van der Waals surface area (Å²) in [5.74, 6) is -0.272. The molecule has 116 valence electrons. The van der Waals surface area contributed by atoms with Crippen LogP contribution in [-0.2, 0) is 9.53 Å². The minimum atomic E-state index is -0.488. The van der Waals surface area contributed by atoms with Crippen molar-refractivity contribution in [2.24, 2.45) is 0 Å². The third kappa shape index (κ3) is 4.28. The van der Waals surface area contributed by atoms with Crippen LogP contribution in [0.15, 0.2) is 28.9 Å². The summed E-state index contributed by atoms with van der Waals surface area (Å²) in [6, 6.07) is 5.57. The zero-order valence-corrected chi connectivity index (χ0v) is 14.3. The summed E-state index contributed by atoms with van der Waals surface area (Å²) in [7, 11) is 1.29. The number of hydrogen-bond acceptors (Lipinski definition) is 6. The molecule has 1 aromatic heterocycles. The molecule has 0 bridgehead atoms. The molecule has 0 saturated heterocycles. The summed E-state index contributed by atoms with van der Waals surface area (Å²) < 4.78 is 10.8. The molecule has 0 aliphatic carbocycles. The summed E-state index contributed by atoms with van der Waals surface area (Å²) in [6.45, 7) is 1.80. The van der Waals surface area contributed by atoms with Crippen LogP contribution in [0.1, 0.15) is 15.2 Å². The standard InChI is InChI=1S/C14H13BrN2O4S/c1-8-3-4-10(9(15)5-8)21-7-12(18)17-14-16-6-11(22-14)13(19)20-2/h3-6H,7H2,1-2H3,(H,16,17,18). The molecule has 1 N–H and O–H groups in total. The van der Waals surface area contributed by atoms with Gasteiger partial charge in [-0.2, -0.15) is 0 Å². The SMILES string of the molecule is COC(=O)c1cnc(NC(=O)COc2ccc(C)cc2Br)s1. The highest BCUT2D eigenvalue weighted by molar-refractivity contribution is 9.10. The van der Waals surface area contributed by atoms with Gasteiger partial charge in [-0.15, -0.1) is 0 Å². The summed E-state index contributed by atoms with van der Waals surface area (Å²) in [4.78, 5) is 27.4. The first kappa shape index (κ1) is 16.4. The Morgan fingerprint density at radius 3 is 2.86 bits per heavy atom. The normalized spacial score (nSPS) is 10.1. The van der Waals surface area contributed by atoms with E-state index in [4.69, 9.17) is 4.74 Å². The number of amides is 1. The maximum Gasteiger partial charge on any atom is 0.349 e. The number of benzene rings is 1. The first-order valence-electron chi connectivity index (χ1n) is 6.22. The van der Waals surface area contributed by atoms with Crippen molar-refractivity contribution in [3.8, 4) is 5.75 Å². The number of aromatic nitrogens is 1. The van der Waals surface area contributed by atoms with Crippen molar-refractivity contribution in [3.05, 3.63) is 39.3 Å². The summed E-state index contributed by atoms with van der Waals surface area (Å²) in [6.07, 6.45) is 1.35. The summed E-state index contributed by atoms with van der Waals surface area (Å²) >= 11 is 4.41. The number of carbonyl (C=O) groups is 2. The number of nitrogens with one attached hydrogen (secondary N) is 1. The molecule has 0 saturated carbocycles. The second-order valence-electron chi connectivity index (χ2n) is 4.29. The minimum Gasteiger partial charge on any atom is -0.483 e. The van der Waals surface area contributed by atoms with E-state index in [1.54, 1.807) is 6.07 Å². The number of halogens is 1. The fraction of sp³-hybridized carbons (Fsp3) is 0.214. The van der Waals surface area contributed by atoms with Crippen LogP contribution in [0.2, 0.25) is 0 Å². The zero-order chi connectivity index (χ0) is 16.1.